The fourth-order valence-corrected chi connectivity index (χ4v) is 4.39. The number of aliphatic hydroxyl groups excluding tert-OH is 1. The van der Waals surface area contributed by atoms with Gasteiger partial charge in [-0.15, -0.1) is 0 Å². The Morgan fingerprint density at radius 2 is 1.83 bits per heavy atom. The van der Waals surface area contributed by atoms with Crippen LogP contribution in [-0.2, 0) is 19.3 Å². The van der Waals surface area contributed by atoms with E-state index in [2.05, 4.69) is 27.3 Å². The predicted molar refractivity (Wildman–Crippen MR) is 109 cm³/mol. The highest BCUT2D eigenvalue weighted by Gasteiger charge is 2.30. The SMILES string of the molecule is OC1CCN(Cc2ccccc2CNc2nc3cc(C(F)(F)F)ccc3s2)CC1. The number of alkyl halides is 3. The van der Waals surface area contributed by atoms with Crippen LogP contribution in [0.15, 0.2) is 42.5 Å². The number of benzene rings is 2. The lowest BCUT2D eigenvalue weighted by Crippen LogP contribution is -2.35. The molecule has 0 amide bonds. The van der Waals surface area contributed by atoms with Crippen molar-refractivity contribution in [1.82, 2.24) is 9.88 Å². The standard InChI is InChI=1S/C21H22F3N3OS/c22-21(23,24)16-5-6-19-18(11-16)26-20(29-19)25-12-14-3-1-2-4-15(14)13-27-9-7-17(28)8-10-27/h1-6,11,17,28H,7-10,12-13H2,(H,25,26). The van der Waals surface area contributed by atoms with E-state index in [-0.39, 0.29) is 6.10 Å². The van der Waals surface area contributed by atoms with Crippen molar-refractivity contribution in [2.24, 2.45) is 0 Å². The molecule has 0 spiro atoms. The minimum atomic E-state index is -4.37. The zero-order chi connectivity index (χ0) is 20.4. The summed E-state index contributed by atoms with van der Waals surface area (Å²) in [5.41, 5.74) is 2.01. The van der Waals surface area contributed by atoms with E-state index in [1.54, 1.807) is 0 Å². The maximum absolute atomic E-state index is 12.9. The molecule has 0 radical (unpaired) electrons. The molecule has 1 saturated heterocycles. The Bertz CT molecular complexity index is 981. The number of likely N-dealkylation sites (tertiary alicyclic amines) is 1. The number of hydrogen-bond acceptors (Lipinski definition) is 5. The lowest BCUT2D eigenvalue weighted by molar-refractivity contribution is -0.137. The van der Waals surface area contributed by atoms with Crippen molar-refractivity contribution in [3.63, 3.8) is 0 Å². The second-order valence-corrected chi connectivity index (χ2v) is 8.36. The van der Waals surface area contributed by atoms with Crippen molar-refractivity contribution in [1.29, 1.82) is 0 Å². The van der Waals surface area contributed by atoms with Gasteiger partial charge in [-0.25, -0.2) is 4.98 Å². The molecule has 1 aliphatic rings. The van der Waals surface area contributed by atoms with E-state index in [1.165, 1.54) is 23.0 Å². The Morgan fingerprint density at radius 3 is 2.55 bits per heavy atom. The number of thiazole rings is 1. The Morgan fingerprint density at radius 1 is 1.10 bits per heavy atom. The van der Waals surface area contributed by atoms with Crippen LogP contribution in [0.2, 0.25) is 0 Å². The van der Waals surface area contributed by atoms with E-state index in [0.717, 1.165) is 54.9 Å². The number of rotatable bonds is 5. The van der Waals surface area contributed by atoms with Crippen molar-refractivity contribution >= 4 is 26.7 Å². The second-order valence-electron chi connectivity index (χ2n) is 7.33. The van der Waals surface area contributed by atoms with Crippen LogP contribution in [0.25, 0.3) is 10.2 Å². The van der Waals surface area contributed by atoms with Gasteiger partial charge in [-0.1, -0.05) is 35.6 Å². The van der Waals surface area contributed by atoms with Gasteiger partial charge in [0.15, 0.2) is 5.13 Å². The summed E-state index contributed by atoms with van der Waals surface area (Å²) in [6, 6.07) is 11.8. The molecule has 0 atom stereocenters. The van der Waals surface area contributed by atoms with Gasteiger partial charge in [-0.05, 0) is 42.2 Å². The highest BCUT2D eigenvalue weighted by molar-refractivity contribution is 7.22. The molecule has 2 aromatic carbocycles. The minimum Gasteiger partial charge on any atom is -0.393 e. The summed E-state index contributed by atoms with van der Waals surface area (Å²) in [7, 11) is 0. The summed E-state index contributed by atoms with van der Waals surface area (Å²) >= 11 is 1.35. The van der Waals surface area contributed by atoms with Crippen molar-refractivity contribution in [2.75, 3.05) is 18.4 Å². The molecule has 2 N–H and O–H groups in total. The number of piperidine rings is 1. The highest BCUT2D eigenvalue weighted by atomic mass is 32.1. The fourth-order valence-electron chi connectivity index (χ4n) is 3.55. The summed E-state index contributed by atoms with van der Waals surface area (Å²) in [5.74, 6) is 0. The van der Waals surface area contributed by atoms with Crippen LogP contribution in [-0.4, -0.2) is 34.2 Å². The number of hydrogen-bond donors (Lipinski definition) is 2. The second kappa shape index (κ2) is 8.30. The van der Waals surface area contributed by atoms with Gasteiger partial charge < -0.3 is 10.4 Å². The molecular weight excluding hydrogens is 399 g/mol. The number of nitrogens with one attached hydrogen (secondary N) is 1. The molecule has 29 heavy (non-hydrogen) atoms. The van der Waals surface area contributed by atoms with Crippen LogP contribution in [0.1, 0.15) is 29.5 Å². The third-order valence-corrected chi connectivity index (χ3v) is 6.21. The van der Waals surface area contributed by atoms with E-state index in [1.807, 2.05) is 12.1 Å². The van der Waals surface area contributed by atoms with Crippen LogP contribution in [0.5, 0.6) is 0 Å². The minimum absolute atomic E-state index is 0.194. The first-order valence-electron chi connectivity index (χ1n) is 9.57. The third kappa shape index (κ3) is 4.88. The molecule has 1 aromatic heterocycles. The molecule has 0 aliphatic carbocycles. The van der Waals surface area contributed by atoms with Crippen molar-refractivity contribution in [3.05, 3.63) is 59.2 Å². The van der Waals surface area contributed by atoms with Crippen molar-refractivity contribution < 1.29 is 18.3 Å². The molecular formula is C21H22F3N3OS. The maximum Gasteiger partial charge on any atom is 0.416 e. The fraction of sp³-hybridized carbons (Fsp3) is 0.381. The van der Waals surface area contributed by atoms with E-state index in [9.17, 15) is 18.3 Å². The molecule has 4 rings (SSSR count). The number of halogens is 3. The number of fused-ring (bicyclic) bond motifs is 1. The number of anilines is 1. The Labute approximate surface area is 171 Å². The van der Waals surface area contributed by atoms with Crippen LogP contribution in [0.3, 0.4) is 0 Å². The predicted octanol–water partition coefficient (Wildman–Crippen LogP) is 4.88. The van der Waals surface area contributed by atoms with Crippen molar-refractivity contribution in [2.45, 2.75) is 38.2 Å². The van der Waals surface area contributed by atoms with E-state index in [4.69, 9.17) is 0 Å². The Balaban J connectivity index is 1.45. The zero-order valence-corrected chi connectivity index (χ0v) is 16.6. The topological polar surface area (TPSA) is 48.4 Å². The van der Waals surface area contributed by atoms with Gasteiger partial charge in [0.25, 0.3) is 0 Å². The average Bonchev–Trinajstić information content (AvgIpc) is 3.10. The molecule has 0 unspecified atom stereocenters. The summed E-state index contributed by atoms with van der Waals surface area (Å²) in [5, 5.41) is 13.5. The van der Waals surface area contributed by atoms with Crippen LogP contribution in [0, 0.1) is 0 Å². The van der Waals surface area contributed by atoms with Crippen LogP contribution >= 0.6 is 11.3 Å². The number of nitrogens with zero attached hydrogens (tertiary/aromatic N) is 2. The van der Waals surface area contributed by atoms with Crippen LogP contribution in [0.4, 0.5) is 18.3 Å². The Kier molecular flexibility index (Phi) is 5.76. The molecule has 0 bridgehead atoms. The van der Waals surface area contributed by atoms with E-state index in [0.29, 0.717) is 17.2 Å². The Hall–Kier alpha value is -2.16. The summed E-state index contributed by atoms with van der Waals surface area (Å²) in [4.78, 5) is 6.66. The van der Waals surface area contributed by atoms with Gasteiger partial charge in [0.1, 0.15) is 0 Å². The van der Waals surface area contributed by atoms with Gasteiger partial charge in [0.05, 0.1) is 21.9 Å². The van der Waals surface area contributed by atoms with E-state index < -0.39 is 11.7 Å². The number of aliphatic hydroxyl groups is 1. The van der Waals surface area contributed by atoms with Gasteiger partial charge in [-0.2, -0.15) is 13.2 Å². The molecule has 0 saturated carbocycles. The first-order valence-corrected chi connectivity index (χ1v) is 10.4. The average molecular weight is 421 g/mol. The normalized spacial score (nSPS) is 16.4. The van der Waals surface area contributed by atoms with Crippen molar-refractivity contribution in [3.8, 4) is 0 Å². The molecule has 4 nitrogen and oxygen atoms in total. The lowest BCUT2D eigenvalue weighted by atomic mass is 10.0. The van der Waals surface area contributed by atoms with Gasteiger partial charge >= 0.3 is 6.18 Å². The first-order chi connectivity index (χ1) is 13.9. The lowest BCUT2D eigenvalue weighted by Gasteiger charge is -2.30. The molecule has 2 heterocycles. The van der Waals surface area contributed by atoms with Gasteiger partial charge in [0.2, 0.25) is 0 Å². The molecule has 154 valence electrons. The zero-order valence-electron chi connectivity index (χ0n) is 15.7. The van der Waals surface area contributed by atoms with Gasteiger partial charge in [-0.3, -0.25) is 4.90 Å². The van der Waals surface area contributed by atoms with Crippen LogP contribution < -0.4 is 5.32 Å². The molecule has 1 aliphatic heterocycles. The van der Waals surface area contributed by atoms with E-state index >= 15 is 0 Å². The summed E-state index contributed by atoms with van der Waals surface area (Å²) in [6.07, 6.45) is -2.97. The maximum atomic E-state index is 12.9. The van der Waals surface area contributed by atoms with Gasteiger partial charge in [0, 0.05) is 26.2 Å². The quantitative estimate of drug-likeness (QED) is 0.616. The monoisotopic (exact) mass is 421 g/mol. The number of aromatic nitrogens is 1. The highest BCUT2D eigenvalue weighted by Crippen LogP contribution is 2.34. The molecule has 1 fully saturated rings. The third-order valence-electron chi connectivity index (χ3n) is 5.21. The molecule has 8 heteroatoms. The largest absolute Gasteiger partial charge is 0.416 e. The smallest absolute Gasteiger partial charge is 0.393 e. The summed E-state index contributed by atoms with van der Waals surface area (Å²) in [6.45, 7) is 3.13. The first kappa shape index (κ1) is 20.1. The summed E-state index contributed by atoms with van der Waals surface area (Å²) < 4.78 is 39.4. The molecule has 3 aromatic rings.